The molecule has 5 N–H and O–H groups in total. The molecule has 1 aromatic carbocycles. The van der Waals surface area contributed by atoms with Gasteiger partial charge in [0.1, 0.15) is 0 Å². The Morgan fingerprint density at radius 1 is 1.53 bits per heavy atom. The fourth-order valence-electron chi connectivity index (χ4n) is 1.85. The third-order valence-electron chi connectivity index (χ3n) is 3.04. The highest BCUT2D eigenvalue weighted by atomic mass is 79.9. The molecule has 1 aliphatic rings. The van der Waals surface area contributed by atoms with Crippen LogP contribution in [0.3, 0.4) is 0 Å². The highest BCUT2D eigenvalue weighted by Crippen LogP contribution is 2.35. The van der Waals surface area contributed by atoms with Gasteiger partial charge >= 0.3 is 0 Å². The standard InChI is InChI=1S/C12H16BrN3O/c13-9-5-8(12(15)17)3-4-10(9)16-11(6-14)7-1-2-7/h3-5,7,11,16H,1-2,6,14H2,(H2,15,17). The first-order valence-electron chi connectivity index (χ1n) is 5.67. The van der Waals surface area contributed by atoms with Gasteiger partial charge < -0.3 is 16.8 Å². The van der Waals surface area contributed by atoms with E-state index >= 15 is 0 Å². The summed E-state index contributed by atoms with van der Waals surface area (Å²) in [5.41, 5.74) is 12.4. The van der Waals surface area contributed by atoms with Gasteiger partial charge in [-0.05, 0) is 52.9 Å². The average molecular weight is 298 g/mol. The minimum Gasteiger partial charge on any atom is -0.380 e. The molecule has 1 fully saturated rings. The minimum atomic E-state index is -0.421. The van der Waals surface area contributed by atoms with E-state index in [-0.39, 0.29) is 0 Å². The molecule has 0 aromatic heterocycles. The molecule has 0 saturated heterocycles. The summed E-state index contributed by atoms with van der Waals surface area (Å²) in [4.78, 5) is 11.0. The number of carbonyl (C=O) groups excluding carboxylic acids is 1. The average Bonchev–Trinajstić information content (AvgIpc) is 3.11. The van der Waals surface area contributed by atoms with Gasteiger partial charge in [0, 0.05) is 28.3 Å². The number of primary amides is 1. The first-order chi connectivity index (χ1) is 8.11. The number of hydrogen-bond donors (Lipinski definition) is 3. The zero-order chi connectivity index (χ0) is 12.4. The molecular formula is C12H16BrN3O. The van der Waals surface area contributed by atoms with E-state index in [9.17, 15) is 4.79 Å². The third-order valence-corrected chi connectivity index (χ3v) is 3.70. The lowest BCUT2D eigenvalue weighted by molar-refractivity contribution is 0.100. The highest BCUT2D eigenvalue weighted by molar-refractivity contribution is 9.10. The number of carbonyl (C=O) groups is 1. The summed E-state index contributed by atoms with van der Waals surface area (Å²) in [5, 5.41) is 3.40. The lowest BCUT2D eigenvalue weighted by Gasteiger charge is -2.18. The number of anilines is 1. The summed E-state index contributed by atoms with van der Waals surface area (Å²) in [6.07, 6.45) is 2.48. The number of amides is 1. The van der Waals surface area contributed by atoms with E-state index in [4.69, 9.17) is 11.5 Å². The van der Waals surface area contributed by atoms with Crippen LogP contribution in [0.4, 0.5) is 5.69 Å². The van der Waals surface area contributed by atoms with Crippen molar-refractivity contribution >= 4 is 27.5 Å². The fourth-order valence-corrected chi connectivity index (χ4v) is 2.35. The Kier molecular flexibility index (Phi) is 3.69. The SMILES string of the molecule is NCC(Nc1ccc(C(N)=O)cc1Br)C1CC1. The molecule has 5 heteroatoms. The van der Waals surface area contributed by atoms with Crippen LogP contribution in [0.25, 0.3) is 0 Å². The number of benzene rings is 1. The van der Waals surface area contributed by atoms with E-state index in [0.29, 0.717) is 24.1 Å². The molecule has 1 aromatic rings. The van der Waals surface area contributed by atoms with E-state index < -0.39 is 5.91 Å². The zero-order valence-electron chi connectivity index (χ0n) is 9.45. The van der Waals surface area contributed by atoms with Crippen LogP contribution >= 0.6 is 15.9 Å². The van der Waals surface area contributed by atoms with Gasteiger partial charge in [0.15, 0.2) is 0 Å². The van der Waals surface area contributed by atoms with E-state index in [2.05, 4.69) is 21.2 Å². The van der Waals surface area contributed by atoms with Crippen LogP contribution in [-0.4, -0.2) is 18.5 Å². The second-order valence-electron chi connectivity index (χ2n) is 4.38. The molecule has 0 heterocycles. The molecule has 4 nitrogen and oxygen atoms in total. The normalized spacial score (nSPS) is 16.6. The molecule has 0 radical (unpaired) electrons. The molecule has 1 saturated carbocycles. The molecule has 1 atom stereocenters. The Morgan fingerprint density at radius 2 is 2.24 bits per heavy atom. The first-order valence-corrected chi connectivity index (χ1v) is 6.47. The second kappa shape index (κ2) is 5.06. The molecule has 0 bridgehead atoms. The molecular weight excluding hydrogens is 282 g/mol. The summed E-state index contributed by atoms with van der Waals surface area (Å²) in [5.74, 6) is 0.262. The Morgan fingerprint density at radius 3 is 2.71 bits per heavy atom. The summed E-state index contributed by atoms with van der Waals surface area (Å²) < 4.78 is 0.841. The summed E-state index contributed by atoms with van der Waals surface area (Å²) >= 11 is 3.43. The summed E-state index contributed by atoms with van der Waals surface area (Å²) in [7, 11) is 0. The van der Waals surface area contributed by atoms with Crippen LogP contribution in [0.2, 0.25) is 0 Å². The lowest BCUT2D eigenvalue weighted by Crippen LogP contribution is -2.31. The Balaban J connectivity index is 2.12. The van der Waals surface area contributed by atoms with E-state index in [1.165, 1.54) is 12.8 Å². The van der Waals surface area contributed by atoms with Crippen LogP contribution < -0.4 is 16.8 Å². The first kappa shape index (κ1) is 12.4. The maximum Gasteiger partial charge on any atom is 0.248 e. The Hall–Kier alpha value is -1.07. The lowest BCUT2D eigenvalue weighted by atomic mass is 10.1. The molecule has 92 valence electrons. The number of rotatable bonds is 5. The van der Waals surface area contributed by atoms with Crippen LogP contribution in [0.1, 0.15) is 23.2 Å². The number of halogens is 1. The largest absolute Gasteiger partial charge is 0.380 e. The van der Waals surface area contributed by atoms with Gasteiger partial charge in [-0.2, -0.15) is 0 Å². The van der Waals surface area contributed by atoms with E-state index in [0.717, 1.165) is 10.2 Å². The predicted octanol–water partition coefficient (Wildman–Crippen LogP) is 1.70. The summed E-state index contributed by atoms with van der Waals surface area (Å²) in [6, 6.07) is 5.61. The number of nitrogens with two attached hydrogens (primary N) is 2. The van der Waals surface area contributed by atoms with Gasteiger partial charge in [0.2, 0.25) is 5.91 Å². The predicted molar refractivity (Wildman–Crippen MR) is 71.8 cm³/mol. The van der Waals surface area contributed by atoms with Gasteiger partial charge in [0.25, 0.3) is 0 Å². The molecule has 1 aliphatic carbocycles. The zero-order valence-corrected chi connectivity index (χ0v) is 11.0. The van der Waals surface area contributed by atoms with Crippen LogP contribution in [0.15, 0.2) is 22.7 Å². The van der Waals surface area contributed by atoms with Gasteiger partial charge in [-0.25, -0.2) is 0 Å². The second-order valence-corrected chi connectivity index (χ2v) is 5.24. The van der Waals surface area contributed by atoms with Crippen molar-refractivity contribution in [1.82, 2.24) is 0 Å². The monoisotopic (exact) mass is 297 g/mol. The maximum absolute atomic E-state index is 11.0. The van der Waals surface area contributed by atoms with Crippen molar-refractivity contribution in [2.45, 2.75) is 18.9 Å². The quantitative estimate of drug-likeness (QED) is 0.774. The smallest absolute Gasteiger partial charge is 0.248 e. The van der Waals surface area contributed by atoms with E-state index in [1.54, 1.807) is 12.1 Å². The minimum absolute atomic E-state index is 0.311. The van der Waals surface area contributed by atoms with Gasteiger partial charge in [-0.15, -0.1) is 0 Å². The van der Waals surface area contributed by atoms with Crippen molar-refractivity contribution in [1.29, 1.82) is 0 Å². The fraction of sp³-hybridized carbons (Fsp3) is 0.417. The van der Waals surface area contributed by atoms with Crippen LogP contribution in [-0.2, 0) is 0 Å². The van der Waals surface area contributed by atoms with Gasteiger partial charge in [-0.3, -0.25) is 4.79 Å². The summed E-state index contributed by atoms with van der Waals surface area (Å²) in [6.45, 7) is 0.620. The molecule has 0 spiro atoms. The van der Waals surface area contributed by atoms with Gasteiger partial charge in [0.05, 0.1) is 0 Å². The van der Waals surface area contributed by atoms with Crippen molar-refractivity contribution in [2.75, 3.05) is 11.9 Å². The topological polar surface area (TPSA) is 81.1 Å². The third kappa shape index (κ3) is 2.98. The molecule has 1 unspecified atom stereocenters. The van der Waals surface area contributed by atoms with Gasteiger partial charge in [-0.1, -0.05) is 0 Å². The molecule has 1 amide bonds. The molecule has 2 rings (SSSR count). The van der Waals surface area contributed by atoms with Crippen LogP contribution in [0, 0.1) is 5.92 Å². The molecule has 0 aliphatic heterocycles. The van der Waals surface area contributed by atoms with Crippen molar-refractivity contribution in [3.63, 3.8) is 0 Å². The van der Waals surface area contributed by atoms with E-state index in [1.807, 2.05) is 6.07 Å². The van der Waals surface area contributed by atoms with Crippen molar-refractivity contribution in [3.8, 4) is 0 Å². The highest BCUT2D eigenvalue weighted by Gasteiger charge is 2.30. The van der Waals surface area contributed by atoms with Crippen molar-refractivity contribution < 1.29 is 4.79 Å². The Bertz CT molecular complexity index is 432. The van der Waals surface area contributed by atoms with Crippen LogP contribution in [0.5, 0.6) is 0 Å². The Labute approximate surface area is 109 Å². The maximum atomic E-state index is 11.0. The number of nitrogens with one attached hydrogen (secondary N) is 1. The molecule has 17 heavy (non-hydrogen) atoms. The number of hydrogen-bond acceptors (Lipinski definition) is 3. The van der Waals surface area contributed by atoms with Crippen molar-refractivity contribution in [3.05, 3.63) is 28.2 Å². The van der Waals surface area contributed by atoms with Crippen molar-refractivity contribution in [2.24, 2.45) is 17.4 Å².